The van der Waals surface area contributed by atoms with Crippen LogP contribution in [0.5, 0.6) is 5.75 Å². The lowest BCUT2D eigenvalue weighted by atomic mass is 10.1. The van der Waals surface area contributed by atoms with Crippen LogP contribution in [0.1, 0.15) is 28.4 Å². The van der Waals surface area contributed by atoms with E-state index in [1.807, 2.05) is 36.1 Å². The monoisotopic (exact) mass is 429 g/mol. The summed E-state index contributed by atoms with van der Waals surface area (Å²) in [5.41, 5.74) is 3.40. The molecule has 30 heavy (non-hydrogen) atoms. The third-order valence-corrected chi connectivity index (χ3v) is 5.80. The minimum atomic E-state index is -0.120. The van der Waals surface area contributed by atoms with Crippen molar-refractivity contribution in [3.63, 3.8) is 0 Å². The zero-order chi connectivity index (χ0) is 21.7. The van der Waals surface area contributed by atoms with Crippen molar-refractivity contribution >= 4 is 29.1 Å². The van der Waals surface area contributed by atoms with E-state index in [-0.39, 0.29) is 18.4 Å². The minimum Gasteiger partial charge on any atom is -0.495 e. The highest BCUT2D eigenvalue weighted by Crippen LogP contribution is 2.30. The summed E-state index contributed by atoms with van der Waals surface area (Å²) in [5, 5.41) is 3.50. The molecule has 2 aromatic rings. The molecule has 1 heterocycles. The van der Waals surface area contributed by atoms with Crippen LogP contribution in [0.15, 0.2) is 36.4 Å². The van der Waals surface area contributed by atoms with E-state index >= 15 is 0 Å². The van der Waals surface area contributed by atoms with Crippen LogP contribution in [-0.4, -0.2) is 61.4 Å². The van der Waals surface area contributed by atoms with Gasteiger partial charge in [0.1, 0.15) is 5.75 Å². The molecule has 1 aliphatic rings. The van der Waals surface area contributed by atoms with E-state index in [1.54, 1.807) is 19.2 Å². The molecule has 0 radical (unpaired) electrons. The largest absolute Gasteiger partial charge is 0.495 e. The Balaban J connectivity index is 1.52. The van der Waals surface area contributed by atoms with Gasteiger partial charge in [-0.25, -0.2) is 0 Å². The third kappa shape index (κ3) is 5.32. The fourth-order valence-electron chi connectivity index (χ4n) is 3.50. The van der Waals surface area contributed by atoms with Gasteiger partial charge in [-0.15, -0.1) is 0 Å². The lowest BCUT2D eigenvalue weighted by Gasteiger charge is -2.34. The second-order valence-electron chi connectivity index (χ2n) is 7.47. The van der Waals surface area contributed by atoms with Crippen molar-refractivity contribution in [3.05, 3.63) is 58.1 Å². The zero-order valence-electron chi connectivity index (χ0n) is 17.7. The summed E-state index contributed by atoms with van der Waals surface area (Å²) >= 11 is 6.12. The van der Waals surface area contributed by atoms with Crippen LogP contribution in [0.3, 0.4) is 0 Å². The molecule has 1 N–H and O–H groups in total. The van der Waals surface area contributed by atoms with Gasteiger partial charge in [0.25, 0.3) is 5.91 Å². The zero-order valence-corrected chi connectivity index (χ0v) is 18.5. The normalized spacial score (nSPS) is 14.5. The van der Waals surface area contributed by atoms with E-state index in [0.717, 1.165) is 12.0 Å². The van der Waals surface area contributed by atoms with Crippen LogP contribution in [0, 0.1) is 6.92 Å². The first-order chi connectivity index (χ1) is 14.4. The summed E-state index contributed by atoms with van der Waals surface area (Å²) in [5.74, 6) is 0.455. The Morgan fingerprint density at radius 3 is 2.37 bits per heavy atom. The number of nitrogens with one attached hydrogen (secondary N) is 1. The van der Waals surface area contributed by atoms with Gasteiger partial charge in [-0.1, -0.05) is 30.7 Å². The van der Waals surface area contributed by atoms with Crippen molar-refractivity contribution < 1.29 is 14.3 Å². The molecule has 0 unspecified atom stereocenters. The number of aryl methyl sites for hydroxylation is 2. The molecule has 0 aliphatic carbocycles. The van der Waals surface area contributed by atoms with Crippen molar-refractivity contribution in [2.75, 3.05) is 45.2 Å². The van der Waals surface area contributed by atoms with Gasteiger partial charge < -0.3 is 15.0 Å². The van der Waals surface area contributed by atoms with Crippen molar-refractivity contribution in [1.29, 1.82) is 0 Å². The number of hydrogen-bond donors (Lipinski definition) is 1. The van der Waals surface area contributed by atoms with Crippen LogP contribution in [-0.2, 0) is 11.2 Å². The summed E-state index contributed by atoms with van der Waals surface area (Å²) < 4.78 is 5.31. The first kappa shape index (κ1) is 22.1. The summed E-state index contributed by atoms with van der Waals surface area (Å²) in [4.78, 5) is 29.1. The molecule has 1 saturated heterocycles. The van der Waals surface area contributed by atoms with Gasteiger partial charge in [-0.05, 0) is 42.7 Å². The van der Waals surface area contributed by atoms with Gasteiger partial charge in [-0.2, -0.15) is 0 Å². The number of anilines is 1. The Labute approximate surface area is 182 Å². The molecule has 160 valence electrons. The number of benzene rings is 2. The quantitative estimate of drug-likeness (QED) is 0.761. The highest BCUT2D eigenvalue weighted by molar-refractivity contribution is 6.31. The van der Waals surface area contributed by atoms with E-state index in [9.17, 15) is 9.59 Å². The highest BCUT2D eigenvalue weighted by atomic mass is 35.5. The van der Waals surface area contributed by atoms with Crippen LogP contribution in [0.4, 0.5) is 5.69 Å². The van der Waals surface area contributed by atoms with Gasteiger partial charge in [0.15, 0.2) is 0 Å². The molecule has 2 amide bonds. The molecule has 1 aliphatic heterocycles. The topological polar surface area (TPSA) is 61.9 Å². The van der Waals surface area contributed by atoms with Crippen molar-refractivity contribution in [2.24, 2.45) is 0 Å². The maximum Gasteiger partial charge on any atom is 0.253 e. The molecule has 0 aromatic heterocycles. The minimum absolute atomic E-state index is 0.0446. The number of nitrogens with zero attached hydrogens (tertiary/aromatic N) is 2. The first-order valence-electron chi connectivity index (χ1n) is 10.2. The Morgan fingerprint density at radius 1 is 1.10 bits per heavy atom. The maximum atomic E-state index is 12.7. The molecule has 6 nitrogen and oxygen atoms in total. The van der Waals surface area contributed by atoms with Crippen LogP contribution >= 0.6 is 11.6 Å². The molecular weight excluding hydrogens is 402 g/mol. The van der Waals surface area contributed by atoms with Gasteiger partial charge in [-0.3, -0.25) is 14.5 Å². The van der Waals surface area contributed by atoms with Crippen LogP contribution < -0.4 is 10.1 Å². The summed E-state index contributed by atoms with van der Waals surface area (Å²) in [7, 11) is 1.54. The maximum absolute atomic E-state index is 12.7. The van der Waals surface area contributed by atoms with E-state index in [1.165, 1.54) is 5.56 Å². The SMILES string of the molecule is CCc1ccc(C(=O)N2CCN(CC(=O)Nc3cc(C)c(Cl)cc3OC)CC2)cc1. The number of ether oxygens (including phenoxy) is 1. The van der Waals surface area contributed by atoms with E-state index in [2.05, 4.69) is 17.1 Å². The smallest absolute Gasteiger partial charge is 0.253 e. The van der Waals surface area contributed by atoms with Gasteiger partial charge >= 0.3 is 0 Å². The average molecular weight is 430 g/mol. The van der Waals surface area contributed by atoms with Crippen LogP contribution in [0.25, 0.3) is 0 Å². The lowest BCUT2D eigenvalue weighted by Crippen LogP contribution is -2.50. The lowest BCUT2D eigenvalue weighted by molar-refractivity contribution is -0.117. The number of carbonyl (C=O) groups excluding carboxylic acids is 2. The van der Waals surface area contributed by atoms with Gasteiger partial charge in [0, 0.05) is 42.8 Å². The predicted octanol–water partition coefficient (Wildman–Crippen LogP) is 3.62. The molecule has 0 spiro atoms. The fourth-order valence-corrected chi connectivity index (χ4v) is 3.65. The summed E-state index contributed by atoms with van der Waals surface area (Å²) in [6.07, 6.45) is 0.955. The third-order valence-electron chi connectivity index (χ3n) is 5.39. The number of halogens is 1. The standard InChI is InChI=1S/C23H28ClN3O3/c1-4-17-5-7-18(8-6-17)23(29)27-11-9-26(10-12-27)15-22(28)25-20-13-16(2)19(24)14-21(20)30-3/h5-8,13-14H,4,9-12,15H2,1-3H3,(H,25,28). The van der Waals surface area contributed by atoms with Crippen molar-refractivity contribution in [2.45, 2.75) is 20.3 Å². The van der Waals surface area contributed by atoms with Crippen LogP contribution in [0.2, 0.25) is 5.02 Å². The van der Waals surface area contributed by atoms with Crippen molar-refractivity contribution in [3.8, 4) is 5.75 Å². The molecule has 0 atom stereocenters. The summed E-state index contributed by atoms with van der Waals surface area (Å²) in [6, 6.07) is 11.3. The molecule has 7 heteroatoms. The van der Waals surface area contributed by atoms with E-state index < -0.39 is 0 Å². The number of piperazine rings is 1. The number of hydrogen-bond acceptors (Lipinski definition) is 4. The highest BCUT2D eigenvalue weighted by Gasteiger charge is 2.23. The second-order valence-corrected chi connectivity index (χ2v) is 7.88. The molecule has 0 saturated carbocycles. The van der Waals surface area contributed by atoms with Gasteiger partial charge in [0.05, 0.1) is 19.3 Å². The number of methoxy groups -OCH3 is 1. The Kier molecular flexibility index (Phi) is 7.34. The molecular formula is C23H28ClN3O3. The number of carbonyl (C=O) groups is 2. The van der Waals surface area contributed by atoms with E-state index in [0.29, 0.717) is 48.2 Å². The predicted molar refractivity (Wildman–Crippen MR) is 120 cm³/mol. The van der Waals surface area contributed by atoms with Gasteiger partial charge in [0.2, 0.25) is 5.91 Å². The second kappa shape index (κ2) is 9.96. The summed E-state index contributed by atoms with van der Waals surface area (Å²) in [6.45, 7) is 6.75. The Morgan fingerprint density at radius 2 is 1.77 bits per heavy atom. The Bertz CT molecular complexity index is 907. The first-order valence-corrected chi connectivity index (χ1v) is 10.5. The van der Waals surface area contributed by atoms with E-state index in [4.69, 9.17) is 16.3 Å². The molecule has 0 bridgehead atoms. The average Bonchev–Trinajstić information content (AvgIpc) is 2.76. The molecule has 3 rings (SSSR count). The molecule has 1 fully saturated rings. The molecule has 2 aromatic carbocycles. The Hall–Kier alpha value is -2.57. The number of amides is 2. The fraction of sp³-hybridized carbons (Fsp3) is 0.391. The number of rotatable bonds is 6. The van der Waals surface area contributed by atoms with Crippen molar-refractivity contribution in [1.82, 2.24) is 9.80 Å².